The summed E-state index contributed by atoms with van der Waals surface area (Å²) < 4.78 is 3.17. The number of anilines is 1. The van der Waals surface area contributed by atoms with Gasteiger partial charge in [0.2, 0.25) is 5.91 Å². The molecule has 0 spiro atoms. The number of carbonyl (C=O) groups excluding carboxylic acids is 2. The average Bonchev–Trinajstić information content (AvgIpc) is 2.85. The van der Waals surface area contributed by atoms with Crippen LogP contribution in [0.25, 0.3) is 11.0 Å². The Hall–Kier alpha value is -3.15. The molecule has 6 nitrogen and oxygen atoms in total. The molecule has 1 amide bonds. The third kappa shape index (κ3) is 3.38. The third-order valence-corrected chi connectivity index (χ3v) is 4.17. The van der Waals surface area contributed by atoms with E-state index in [-0.39, 0.29) is 23.8 Å². The summed E-state index contributed by atoms with van der Waals surface area (Å²) in [6.45, 7) is 1.77. The van der Waals surface area contributed by atoms with Crippen molar-refractivity contribution in [3.8, 4) is 0 Å². The molecule has 6 heteroatoms. The lowest BCUT2D eigenvalue weighted by molar-refractivity contribution is -0.116. The summed E-state index contributed by atoms with van der Waals surface area (Å²) in [6, 6.07) is 14.3. The second-order valence-corrected chi connectivity index (χ2v) is 5.92. The van der Waals surface area contributed by atoms with E-state index in [0.717, 1.165) is 11.0 Å². The lowest BCUT2D eigenvalue weighted by atomic mass is 10.1. The Kier molecular flexibility index (Phi) is 4.52. The van der Waals surface area contributed by atoms with E-state index in [2.05, 4.69) is 5.32 Å². The molecule has 1 N–H and O–H groups in total. The summed E-state index contributed by atoms with van der Waals surface area (Å²) in [6.07, 6.45) is 0.165. The molecular weight excluding hydrogens is 318 g/mol. The number of amides is 1. The van der Waals surface area contributed by atoms with Gasteiger partial charge in [-0.1, -0.05) is 24.3 Å². The van der Waals surface area contributed by atoms with Crippen molar-refractivity contribution in [3.63, 3.8) is 0 Å². The first-order chi connectivity index (χ1) is 12.0. The summed E-state index contributed by atoms with van der Waals surface area (Å²) in [4.78, 5) is 35.9. The highest BCUT2D eigenvalue weighted by molar-refractivity contribution is 5.97. The number of nitrogens with zero attached hydrogens (tertiary/aromatic N) is 2. The molecule has 3 rings (SSSR count). The SMILES string of the molecule is CC(=O)c1cccc(NC(=O)CCn2c(=O)n(C)c3ccccc32)c1. The van der Waals surface area contributed by atoms with Crippen LogP contribution in [0.1, 0.15) is 23.7 Å². The van der Waals surface area contributed by atoms with Crippen molar-refractivity contribution in [2.45, 2.75) is 19.9 Å². The maximum atomic E-state index is 12.3. The monoisotopic (exact) mass is 337 g/mol. The number of imidazole rings is 1. The molecule has 0 aliphatic carbocycles. The topological polar surface area (TPSA) is 73.1 Å². The summed E-state index contributed by atoms with van der Waals surface area (Å²) >= 11 is 0. The minimum absolute atomic E-state index is 0.0570. The predicted molar refractivity (Wildman–Crippen MR) is 96.9 cm³/mol. The van der Waals surface area contributed by atoms with Crippen LogP contribution in [0, 0.1) is 0 Å². The lowest BCUT2D eigenvalue weighted by Gasteiger charge is -2.07. The lowest BCUT2D eigenvalue weighted by Crippen LogP contribution is -2.24. The van der Waals surface area contributed by atoms with Crippen LogP contribution in [0.2, 0.25) is 0 Å². The van der Waals surface area contributed by atoms with Gasteiger partial charge in [0.25, 0.3) is 0 Å². The first-order valence-electron chi connectivity index (χ1n) is 8.02. The molecule has 0 aliphatic heterocycles. The van der Waals surface area contributed by atoms with Crippen LogP contribution >= 0.6 is 0 Å². The van der Waals surface area contributed by atoms with E-state index < -0.39 is 0 Å². The molecule has 0 saturated carbocycles. The van der Waals surface area contributed by atoms with Gasteiger partial charge in [-0.15, -0.1) is 0 Å². The Labute approximate surface area is 144 Å². The Morgan fingerprint density at radius 3 is 2.48 bits per heavy atom. The van der Waals surface area contributed by atoms with Crippen molar-refractivity contribution in [3.05, 3.63) is 64.6 Å². The van der Waals surface area contributed by atoms with Crippen molar-refractivity contribution < 1.29 is 9.59 Å². The maximum absolute atomic E-state index is 12.3. The predicted octanol–water partition coefficient (Wildman–Crippen LogP) is 2.57. The van der Waals surface area contributed by atoms with E-state index >= 15 is 0 Å². The second kappa shape index (κ2) is 6.76. The quantitative estimate of drug-likeness (QED) is 0.727. The fraction of sp³-hybridized carbons (Fsp3) is 0.211. The Bertz CT molecular complexity index is 1010. The third-order valence-electron chi connectivity index (χ3n) is 4.17. The van der Waals surface area contributed by atoms with Crippen LogP contribution in [0.15, 0.2) is 53.3 Å². The Morgan fingerprint density at radius 2 is 1.76 bits per heavy atom. The van der Waals surface area contributed by atoms with Crippen LogP contribution in [-0.2, 0) is 18.4 Å². The smallest absolute Gasteiger partial charge is 0.326 e. The Balaban J connectivity index is 1.73. The van der Waals surface area contributed by atoms with Gasteiger partial charge in [0.1, 0.15) is 0 Å². The van der Waals surface area contributed by atoms with E-state index in [1.165, 1.54) is 6.92 Å². The van der Waals surface area contributed by atoms with Crippen LogP contribution in [0.4, 0.5) is 5.69 Å². The number of carbonyl (C=O) groups is 2. The van der Waals surface area contributed by atoms with Crippen molar-refractivity contribution in [1.29, 1.82) is 0 Å². The van der Waals surface area contributed by atoms with Gasteiger partial charge in [-0.3, -0.25) is 18.7 Å². The zero-order valence-corrected chi connectivity index (χ0v) is 14.2. The van der Waals surface area contributed by atoms with E-state index in [0.29, 0.717) is 17.8 Å². The maximum Gasteiger partial charge on any atom is 0.328 e. The fourth-order valence-electron chi connectivity index (χ4n) is 2.83. The average molecular weight is 337 g/mol. The number of ketones is 1. The number of Topliss-reactive ketones (excluding diaryl/α,β-unsaturated/α-hetero) is 1. The minimum Gasteiger partial charge on any atom is -0.326 e. The standard InChI is InChI=1S/C19H19N3O3/c1-13(23)14-6-5-7-15(12-14)20-18(24)10-11-22-17-9-4-3-8-16(17)21(2)19(22)25/h3-9,12H,10-11H2,1-2H3,(H,20,24). The molecule has 25 heavy (non-hydrogen) atoms. The number of fused-ring (bicyclic) bond motifs is 1. The van der Waals surface area contributed by atoms with Crippen LogP contribution in [-0.4, -0.2) is 20.8 Å². The van der Waals surface area contributed by atoms with E-state index in [4.69, 9.17) is 0 Å². The molecule has 2 aromatic carbocycles. The van der Waals surface area contributed by atoms with Gasteiger partial charge in [0.15, 0.2) is 5.78 Å². The summed E-state index contributed by atoms with van der Waals surface area (Å²) in [5, 5.41) is 2.77. The van der Waals surface area contributed by atoms with Crippen molar-refractivity contribution >= 4 is 28.4 Å². The van der Waals surface area contributed by atoms with Crippen LogP contribution < -0.4 is 11.0 Å². The highest BCUT2D eigenvalue weighted by atomic mass is 16.2. The van der Waals surface area contributed by atoms with Gasteiger partial charge >= 0.3 is 5.69 Å². The molecule has 0 aliphatic rings. The zero-order valence-electron chi connectivity index (χ0n) is 14.2. The minimum atomic E-state index is -0.208. The molecule has 128 valence electrons. The number of nitrogens with one attached hydrogen (secondary N) is 1. The number of hydrogen-bond acceptors (Lipinski definition) is 3. The first kappa shape index (κ1) is 16.7. The van der Waals surface area contributed by atoms with Crippen molar-refractivity contribution in [2.75, 3.05) is 5.32 Å². The van der Waals surface area contributed by atoms with Gasteiger partial charge in [-0.05, 0) is 31.2 Å². The molecule has 0 unspecified atom stereocenters. The van der Waals surface area contributed by atoms with Gasteiger partial charge in [-0.25, -0.2) is 4.79 Å². The molecule has 3 aromatic rings. The highest BCUT2D eigenvalue weighted by Crippen LogP contribution is 2.13. The largest absolute Gasteiger partial charge is 0.328 e. The van der Waals surface area contributed by atoms with Crippen LogP contribution in [0.3, 0.4) is 0 Å². The first-order valence-corrected chi connectivity index (χ1v) is 8.02. The second-order valence-electron chi connectivity index (χ2n) is 5.92. The van der Waals surface area contributed by atoms with Crippen LogP contribution in [0.5, 0.6) is 0 Å². The van der Waals surface area contributed by atoms with E-state index in [1.807, 2.05) is 24.3 Å². The molecule has 0 fully saturated rings. The normalized spacial score (nSPS) is 10.8. The Morgan fingerprint density at radius 1 is 1.04 bits per heavy atom. The zero-order chi connectivity index (χ0) is 18.0. The van der Waals surface area contributed by atoms with Gasteiger partial charge in [0.05, 0.1) is 11.0 Å². The molecule has 0 radical (unpaired) electrons. The summed E-state index contributed by atoms with van der Waals surface area (Å²) in [5.41, 5.74) is 2.61. The number of rotatable bonds is 5. The van der Waals surface area contributed by atoms with Crippen molar-refractivity contribution in [2.24, 2.45) is 7.05 Å². The number of aryl methyl sites for hydroxylation is 2. The van der Waals surface area contributed by atoms with E-state index in [1.54, 1.807) is 40.4 Å². The molecule has 0 bridgehead atoms. The highest BCUT2D eigenvalue weighted by Gasteiger charge is 2.11. The molecular formula is C19H19N3O3. The molecule has 1 heterocycles. The van der Waals surface area contributed by atoms with Gasteiger partial charge < -0.3 is 5.32 Å². The number of benzene rings is 2. The van der Waals surface area contributed by atoms with Gasteiger partial charge in [0, 0.05) is 31.3 Å². The molecule has 0 saturated heterocycles. The number of aromatic nitrogens is 2. The number of hydrogen-bond donors (Lipinski definition) is 1. The summed E-state index contributed by atoms with van der Waals surface area (Å²) in [7, 11) is 1.72. The van der Waals surface area contributed by atoms with E-state index in [9.17, 15) is 14.4 Å². The fourth-order valence-corrected chi connectivity index (χ4v) is 2.83. The summed E-state index contributed by atoms with van der Waals surface area (Å²) in [5.74, 6) is -0.265. The van der Waals surface area contributed by atoms with Gasteiger partial charge in [-0.2, -0.15) is 0 Å². The molecule has 0 atom stereocenters. The molecule has 1 aromatic heterocycles. The van der Waals surface area contributed by atoms with Crippen molar-refractivity contribution in [1.82, 2.24) is 9.13 Å². The number of para-hydroxylation sites is 2.